The highest BCUT2D eigenvalue weighted by Crippen LogP contribution is 2.13. The summed E-state index contributed by atoms with van der Waals surface area (Å²) in [6.07, 6.45) is 6.11. The van der Waals surface area contributed by atoms with Crippen LogP contribution in [0.5, 0.6) is 0 Å². The second kappa shape index (κ2) is 6.24. The molecule has 0 amide bonds. The summed E-state index contributed by atoms with van der Waals surface area (Å²) in [6.45, 7) is 5.26. The van der Waals surface area contributed by atoms with Gasteiger partial charge in [0.05, 0.1) is 6.54 Å². The van der Waals surface area contributed by atoms with E-state index in [1.54, 1.807) is 0 Å². The zero-order chi connectivity index (χ0) is 12.8. The molecular weight excluding hydrogens is 222 g/mol. The Morgan fingerprint density at radius 2 is 1.89 bits per heavy atom. The molecular formula is C15H21N3. The molecule has 0 saturated carbocycles. The van der Waals surface area contributed by atoms with Crippen LogP contribution in [0.1, 0.15) is 32.3 Å². The fourth-order valence-corrected chi connectivity index (χ4v) is 2.02. The molecule has 0 atom stereocenters. The first-order chi connectivity index (χ1) is 8.81. The summed E-state index contributed by atoms with van der Waals surface area (Å²) >= 11 is 0. The first-order valence-corrected chi connectivity index (χ1v) is 6.64. The minimum absolute atomic E-state index is 0.571. The van der Waals surface area contributed by atoms with Crippen molar-refractivity contribution in [1.29, 1.82) is 0 Å². The van der Waals surface area contributed by atoms with Crippen molar-refractivity contribution in [1.82, 2.24) is 9.78 Å². The van der Waals surface area contributed by atoms with E-state index in [0.717, 1.165) is 19.4 Å². The van der Waals surface area contributed by atoms with E-state index in [-0.39, 0.29) is 0 Å². The summed E-state index contributed by atoms with van der Waals surface area (Å²) in [5.74, 6) is 0. The topological polar surface area (TPSA) is 29.9 Å². The molecule has 0 fully saturated rings. The fourth-order valence-electron chi connectivity index (χ4n) is 2.02. The molecule has 3 heteroatoms. The second-order valence-corrected chi connectivity index (χ2v) is 4.56. The van der Waals surface area contributed by atoms with Crippen molar-refractivity contribution < 1.29 is 0 Å². The maximum absolute atomic E-state index is 4.21. The number of hydrogen-bond acceptors (Lipinski definition) is 2. The molecule has 3 nitrogen and oxygen atoms in total. The van der Waals surface area contributed by atoms with E-state index in [1.807, 2.05) is 23.1 Å². The molecule has 18 heavy (non-hydrogen) atoms. The zero-order valence-corrected chi connectivity index (χ0v) is 11.1. The first kappa shape index (κ1) is 12.7. The summed E-state index contributed by atoms with van der Waals surface area (Å²) in [5, 5.41) is 7.75. The fraction of sp³-hybridized carbons (Fsp3) is 0.400. The number of aromatic nitrogens is 2. The molecule has 1 aromatic heterocycles. The number of anilines is 1. The van der Waals surface area contributed by atoms with Gasteiger partial charge in [-0.25, -0.2) is 0 Å². The first-order valence-electron chi connectivity index (χ1n) is 6.64. The lowest BCUT2D eigenvalue weighted by molar-refractivity contribution is 0.671. The summed E-state index contributed by atoms with van der Waals surface area (Å²) in [6, 6.07) is 11.1. The van der Waals surface area contributed by atoms with Crippen molar-refractivity contribution in [2.45, 2.75) is 39.3 Å². The minimum atomic E-state index is 0.571. The molecule has 0 aliphatic carbocycles. The Morgan fingerprint density at radius 3 is 2.44 bits per heavy atom. The van der Waals surface area contributed by atoms with Gasteiger partial charge in [-0.1, -0.05) is 26.0 Å². The number of hydrogen-bond donors (Lipinski definition) is 1. The molecule has 0 unspecified atom stereocenters. The lowest BCUT2D eigenvalue weighted by Crippen LogP contribution is -2.16. The molecule has 0 saturated heterocycles. The average molecular weight is 243 g/mol. The summed E-state index contributed by atoms with van der Waals surface area (Å²) in [7, 11) is 0. The molecule has 2 aromatic rings. The SMILES string of the molecule is CCC(CC)Nc1ccc(Cn2cccn2)cc1. The molecule has 1 aromatic carbocycles. The lowest BCUT2D eigenvalue weighted by Gasteiger charge is -2.16. The molecule has 1 N–H and O–H groups in total. The van der Waals surface area contributed by atoms with Gasteiger partial charge in [-0.3, -0.25) is 4.68 Å². The minimum Gasteiger partial charge on any atom is -0.382 e. The predicted octanol–water partition coefficient (Wildman–Crippen LogP) is 3.53. The highest BCUT2D eigenvalue weighted by Gasteiger charge is 2.02. The molecule has 0 radical (unpaired) electrons. The Balaban J connectivity index is 1.97. The summed E-state index contributed by atoms with van der Waals surface area (Å²) in [4.78, 5) is 0. The predicted molar refractivity (Wildman–Crippen MR) is 75.8 cm³/mol. The monoisotopic (exact) mass is 243 g/mol. The second-order valence-electron chi connectivity index (χ2n) is 4.56. The molecule has 0 bridgehead atoms. The third-order valence-corrected chi connectivity index (χ3v) is 3.21. The van der Waals surface area contributed by atoms with Crippen LogP contribution in [0.15, 0.2) is 42.7 Å². The van der Waals surface area contributed by atoms with Gasteiger partial charge in [-0.2, -0.15) is 5.10 Å². The van der Waals surface area contributed by atoms with Crippen LogP contribution in [0.25, 0.3) is 0 Å². The van der Waals surface area contributed by atoms with Gasteiger partial charge in [0.15, 0.2) is 0 Å². The third kappa shape index (κ3) is 3.36. The van der Waals surface area contributed by atoms with Crippen molar-refractivity contribution >= 4 is 5.69 Å². The largest absolute Gasteiger partial charge is 0.382 e. The van der Waals surface area contributed by atoms with Gasteiger partial charge in [-0.15, -0.1) is 0 Å². The van der Waals surface area contributed by atoms with E-state index < -0.39 is 0 Å². The smallest absolute Gasteiger partial charge is 0.0659 e. The zero-order valence-electron chi connectivity index (χ0n) is 11.1. The van der Waals surface area contributed by atoms with E-state index in [1.165, 1.54) is 11.3 Å². The van der Waals surface area contributed by atoms with Crippen LogP contribution < -0.4 is 5.32 Å². The maximum Gasteiger partial charge on any atom is 0.0659 e. The van der Waals surface area contributed by atoms with E-state index in [9.17, 15) is 0 Å². The average Bonchev–Trinajstić information content (AvgIpc) is 2.91. The van der Waals surface area contributed by atoms with Crippen molar-refractivity contribution in [3.8, 4) is 0 Å². The molecule has 96 valence electrons. The van der Waals surface area contributed by atoms with Gasteiger partial charge in [0, 0.05) is 24.1 Å². The Kier molecular flexibility index (Phi) is 4.40. The van der Waals surface area contributed by atoms with Crippen molar-refractivity contribution in [3.63, 3.8) is 0 Å². The van der Waals surface area contributed by atoms with E-state index >= 15 is 0 Å². The highest BCUT2D eigenvalue weighted by atomic mass is 15.3. The van der Waals surface area contributed by atoms with Crippen LogP contribution >= 0.6 is 0 Å². The Labute approximate surface area is 109 Å². The summed E-state index contributed by atoms with van der Waals surface area (Å²) in [5.41, 5.74) is 2.47. The van der Waals surface area contributed by atoms with E-state index in [4.69, 9.17) is 0 Å². The third-order valence-electron chi connectivity index (χ3n) is 3.21. The number of benzene rings is 1. The van der Waals surface area contributed by atoms with Gasteiger partial charge in [-0.05, 0) is 36.6 Å². The molecule has 2 rings (SSSR count). The van der Waals surface area contributed by atoms with E-state index in [2.05, 4.69) is 48.5 Å². The van der Waals surface area contributed by atoms with Crippen LogP contribution in [-0.4, -0.2) is 15.8 Å². The van der Waals surface area contributed by atoms with Gasteiger partial charge >= 0.3 is 0 Å². The van der Waals surface area contributed by atoms with E-state index in [0.29, 0.717) is 6.04 Å². The maximum atomic E-state index is 4.21. The van der Waals surface area contributed by atoms with Crippen molar-refractivity contribution in [2.24, 2.45) is 0 Å². The van der Waals surface area contributed by atoms with Gasteiger partial charge in [0.2, 0.25) is 0 Å². The normalized spacial score (nSPS) is 10.8. The Hall–Kier alpha value is -1.77. The molecule has 1 heterocycles. The molecule has 0 aliphatic heterocycles. The Bertz CT molecular complexity index is 441. The quantitative estimate of drug-likeness (QED) is 0.841. The molecule has 0 spiro atoms. The number of nitrogens with zero attached hydrogens (tertiary/aromatic N) is 2. The van der Waals surface area contributed by atoms with Crippen LogP contribution in [-0.2, 0) is 6.54 Å². The van der Waals surface area contributed by atoms with Crippen LogP contribution in [0.4, 0.5) is 5.69 Å². The standard InChI is InChI=1S/C15H21N3/c1-3-14(4-2)17-15-8-6-13(7-9-15)12-18-11-5-10-16-18/h5-11,14,17H,3-4,12H2,1-2H3. The highest BCUT2D eigenvalue weighted by molar-refractivity contribution is 5.45. The van der Waals surface area contributed by atoms with Crippen molar-refractivity contribution in [3.05, 3.63) is 48.3 Å². The van der Waals surface area contributed by atoms with Gasteiger partial charge < -0.3 is 5.32 Å². The lowest BCUT2D eigenvalue weighted by atomic mass is 10.1. The number of rotatable bonds is 6. The number of nitrogens with one attached hydrogen (secondary N) is 1. The van der Waals surface area contributed by atoms with Gasteiger partial charge in [0.25, 0.3) is 0 Å². The summed E-state index contributed by atoms with van der Waals surface area (Å²) < 4.78 is 1.93. The van der Waals surface area contributed by atoms with Gasteiger partial charge in [0.1, 0.15) is 0 Å². The Morgan fingerprint density at radius 1 is 1.17 bits per heavy atom. The molecule has 0 aliphatic rings. The van der Waals surface area contributed by atoms with Crippen LogP contribution in [0.2, 0.25) is 0 Å². The van der Waals surface area contributed by atoms with Crippen molar-refractivity contribution in [2.75, 3.05) is 5.32 Å². The van der Waals surface area contributed by atoms with Crippen LogP contribution in [0, 0.1) is 0 Å². The van der Waals surface area contributed by atoms with Crippen LogP contribution in [0.3, 0.4) is 0 Å².